The molecule has 0 saturated heterocycles. The first-order valence-corrected chi connectivity index (χ1v) is 8.10. The zero-order valence-electron chi connectivity index (χ0n) is 14.1. The molecule has 3 aromatic rings. The molecule has 0 bridgehead atoms. The van der Waals surface area contributed by atoms with Gasteiger partial charge in [-0.15, -0.1) is 0 Å². The Bertz CT molecular complexity index is 874. The van der Waals surface area contributed by atoms with Crippen LogP contribution in [0.2, 0.25) is 0 Å². The number of aryl methyl sites for hydroxylation is 1. The van der Waals surface area contributed by atoms with Gasteiger partial charge in [0.25, 0.3) is 0 Å². The van der Waals surface area contributed by atoms with E-state index in [0.29, 0.717) is 12.0 Å². The van der Waals surface area contributed by atoms with Crippen LogP contribution in [0.5, 0.6) is 0 Å². The Morgan fingerprint density at radius 3 is 2.68 bits per heavy atom. The van der Waals surface area contributed by atoms with Crippen LogP contribution in [0.25, 0.3) is 11.0 Å². The van der Waals surface area contributed by atoms with Crippen molar-refractivity contribution in [1.29, 1.82) is 0 Å². The molecule has 1 heterocycles. The van der Waals surface area contributed by atoms with E-state index < -0.39 is 11.6 Å². The Morgan fingerprint density at radius 1 is 1.20 bits per heavy atom. The van der Waals surface area contributed by atoms with Crippen molar-refractivity contribution >= 4 is 16.9 Å². The Kier molecular flexibility index (Phi) is 4.79. The number of carbonyl (C=O) groups excluding carboxylic acids is 1. The van der Waals surface area contributed by atoms with Gasteiger partial charge in [-0.2, -0.15) is 0 Å². The van der Waals surface area contributed by atoms with Crippen LogP contribution in [0.1, 0.15) is 30.8 Å². The maximum atomic E-state index is 13.4. The smallest absolute Gasteiger partial charge is 0.223 e. The molecule has 0 aliphatic carbocycles. The van der Waals surface area contributed by atoms with E-state index in [1.54, 1.807) is 14.0 Å². The Hall–Kier alpha value is -2.76. The van der Waals surface area contributed by atoms with Crippen molar-refractivity contribution in [3.63, 3.8) is 0 Å². The highest BCUT2D eigenvalue weighted by Crippen LogP contribution is 2.22. The number of para-hydroxylation sites is 2. The van der Waals surface area contributed by atoms with Gasteiger partial charge < -0.3 is 9.88 Å². The van der Waals surface area contributed by atoms with Crippen molar-refractivity contribution < 1.29 is 13.6 Å². The molecule has 4 nitrogen and oxygen atoms in total. The van der Waals surface area contributed by atoms with E-state index in [4.69, 9.17) is 0 Å². The van der Waals surface area contributed by atoms with Crippen LogP contribution in [0.15, 0.2) is 42.5 Å². The molecule has 130 valence electrons. The quantitative estimate of drug-likeness (QED) is 0.761. The molecule has 0 fully saturated rings. The van der Waals surface area contributed by atoms with Gasteiger partial charge in [-0.1, -0.05) is 18.2 Å². The van der Waals surface area contributed by atoms with E-state index in [-0.39, 0.29) is 18.4 Å². The molecule has 0 unspecified atom stereocenters. The number of aromatic amines is 1. The molecule has 6 heteroatoms. The summed E-state index contributed by atoms with van der Waals surface area (Å²) in [5, 5.41) is 0. The van der Waals surface area contributed by atoms with Crippen LogP contribution in [-0.2, 0) is 11.2 Å². The molecule has 0 spiro atoms. The summed E-state index contributed by atoms with van der Waals surface area (Å²) in [6.07, 6.45) is 0.771. The van der Waals surface area contributed by atoms with Crippen LogP contribution in [-0.4, -0.2) is 27.8 Å². The standard InChI is InChI=1S/C19H19F2N3O/c1-12(13-7-8-14(20)15(21)11-13)24(2)19(25)10-9-18-22-16-5-3-4-6-17(16)23-18/h3-8,11-12H,9-10H2,1-2H3,(H,22,23)/t12-/m1/s1. The molecule has 0 saturated carbocycles. The monoisotopic (exact) mass is 343 g/mol. The first kappa shape index (κ1) is 17.1. The number of fused-ring (bicyclic) bond motifs is 1. The van der Waals surface area contributed by atoms with E-state index in [1.807, 2.05) is 24.3 Å². The molecule has 1 amide bonds. The molecule has 3 rings (SSSR count). The van der Waals surface area contributed by atoms with E-state index >= 15 is 0 Å². The number of aromatic nitrogens is 2. The van der Waals surface area contributed by atoms with Gasteiger partial charge in [0.1, 0.15) is 5.82 Å². The maximum Gasteiger partial charge on any atom is 0.223 e. The lowest BCUT2D eigenvalue weighted by Crippen LogP contribution is -2.30. The summed E-state index contributed by atoms with van der Waals surface area (Å²) >= 11 is 0. The fourth-order valence-corrected chi connectivity index (χ4v) is 2.74. The average Bonchev–Trinajstić information content (AvgIpc) is 3.03. The number of H-pyrrole nitrogens is 1. The summed E-state index contributed by atoms with van der Waals surface area (Å²) in [4.78, 5) is 21.6. The van der Waals surface area contributed by atoms with Crippen molar-refractivity contribution in [3.05, 3.63) is 65.5 Å². The fourth-order valence-electron chi connectivity index (χ4n) is 2.74. The molecule has 0 aliphatic rings. The second-order valence-electron chi connectivity index (χ2n) is 6.05. The summed E-state index contributed by atoms with van der Waals surface area (Å²) < 4.78 is 26.4. The molecule has 1 N–H and O–H groups in total. The topological polar surface area (TPSA) is 49.0 Å². The zero-order chi connectivity index (χ0) is 18.0. The molecule has 1 atom stereocenters. The SMILES string of the molecule is C[C@H](c1ccc(F)c(F)c1)N(C)C(=O)CCc1nc2ccccc2[nH]1. The number of benzene rings is 2. The van der Waals surface area contributed by atoms with E-state index in [9.17, 15) is 13.6 Å². The minimum absolute atomic E-state index is 0.0855. The van der Waals surface area contributed by atoms with Crippen molar-refractivity contribution in [2.45, 2.75) is 25.8 Å². The van der Waals surface area contributed by atoms with E-state index in [0.717, 1.165) is 29.0 Å². The number of halogens is 2. The predicted molar refractivity (Wildman–Crippen MR) is 92.0 cm³/mol. The summed E-state index contributed by atoms with van der Waals surface area (Å²) in [5.41, 5.74) is 2.36. The third-order valence-electron chi connectivity index (χ3n) is 4.41. The molecule has 0 radical (unpaired) electrons. The fraction of sp³-hybridized carbons (Fsp3) is 0.263. The third kappa shape index (κ3) is 3.68. The lowest BCUT2D eigenvalue weighted by molar-refractivity contribution is -0.131. The van der Waals surface area contributed by atoms with Crippen LogP contribution in [0.3, 0.4) is 0 Å². The summed E-state index contributed by atoms with van der Waals surface area (Å²) in [6, 6.07) is 11.0. The van der Waals surface area contributed by atoms with Gasteiger partial charge in [0.15, 0.2) is 11.6 Å². The van der Waals surface area contributed by atoms with Gasteiger partial charge in [0.2, 0.25) is 5.91 Å². The Balaban J connectivity index is 1.64. The van der Waals surface area contributed by atoms with Crippen molar-refractivity contribution in [2.75, 3.05) is 7.05 Å². The Labute approximate surface area is 144 Å². The predicted octanol–water partition coefficient (Wildman–Crippen LogP) is 3.99. The normalized spacial score (nSPS) is 12.3. The molecule has 1 aromatic heterocycles. The lowest BCUT2D eigenvalue weighted by Gasteiger charge is -2.25. The second-order valence-corrected chi connectivity index (χ2v) is 6.05. The Morgan fingerprint density at radius 2 is 1.96 bits per heavy atom. The summed E-state index contributed by atoms with van der Waals surface area (Å²) in [7, 11) is 1.66. The van der Waals surface area contributed by atoms with Gasteiger partial charge in [0.05, 0.1) is 17.1 Å². The third-order valence-corrected chi connectivity index (χ3v) is 4.41. The lowest BCUT2D eigenvalue weighted by atomic mass is 10.1. The van der Waals surface area contributed by atoms with Crippen molar-refractivity contribution in [2.24, 2.45) is 0 Å². The average molecular weight is 343 g/mol. The highest BCUT2D eigenvalue weighted by molar-refractivity contribution is 5.77. The minimum Gasteiger partial charge on any atom is -0.342 e. The van der Waals surface area contributed by atoms with Crippen LogP contribution in [0.4, 0.5) is 8.78 Å². The number of nitrogens with zero attached hydrogens (tertiary/aromatic N) is 2. The number of amides is 1. The molecule has 0 aliphatic heterocycles. The van der Waals surface area contributed by atoms with E-state index in [1.165, 1.54) is 11.0 Å². The van der Waals surface area contributed by atoms with Crippen molar-refractivity contribution in [3.8, 4) is 0 Å². The number of rotatable bonds is 5. The largest absolute Gasteiger partial charge is 0.342 e. The number of carbonyl (C=O) groups is 1. The van der Waals surface area contributed by atoms with Gasteiger partial charge >= 0.3 is 0 Å². The molecular weight excluding hydrogens is 324 g/mol. The van der Waals surface area contributed by atoms with Gasteiger partial charge in [-0.05, 0) is 36.8 Å². The first-order valence-electron chi connectivity index (χ1n) is 8.10. The van der Waals surface area contributed by atoms with Gasteiger partial charge in [0, 0.05) is 19.9 Å². The van der Waals surface area contributed by atoms with Crippen LogP contribution in [0, 0.1) is 11.6 Å². The zero-order valence-corrected chi connectivity index (χ0v) is 14.1. The molecule has 25 heavy (non-hydrogen) atoms. The molecule has 2 aromatic carbocycles. The molecular formula is C19H19F2N3O. The highest BCUT2D eigenvalue weighted by Gasteiger charge is 2.19. The van der Waals surface area contributed by atoms with Crippen molar-refractivity contribution in [1.82, 2.24) is 14.9 Å². The number of hydrogen-bond acceptors (Lipinski definition) is 2. The first-order chi connectivity index (χ1) is 12.0. The van der Waals surface area contributed by atoms with Gasteiger partial charge in [-0.3, -0.25) is 4.79 Å². The van der Waals surface area contributed by atoms with E-state index in [2.05, 4.69) is 9.97 Å². The summed E-state index contributed by atoms with van der Waals surface area (Å²) in [6.45, 7) is 1.78. The highest BCUT2D eigenvalue weighted by atomic mass is 19.2. The van der Waals surface area contributed by atoms with Crippen LogP contribution >= 0.6 is 0 Å². The van der Waals surface area contributed by atoms with Crippen LogP contribution < -0.4 is 0 Å². The summed E-state index contributed by atoms with van der Waals surface area (Å²) in [5.74, 6) is -1.14. The minimum atomic E-state index is -0.910. The van der Waals surface area contributed by atoms with Gasteiger partial charge in [-0.25, -0.2) is 13.8 Å². The number of hydrogen-bond donors (Lipinski definition) is 1. The number of imidazole rings is 1. The number of nitrogens with one attached hydrogen (secondary N) is 1. The second kappa shape index (κ2) is 7.01. The maximum absolute atomic E-state index is 13.4.